The molecule has 0 atom stereocenters. The number of benzene rings is 2. The number of amides is 1. The molecule has 4 rings (SSSR count). The molecule has 0 radical (unpaired) electrons. The fraction of sp³-hybridized carbons (Fsp3) is 0.0455. The molecule has 0 saturated heterocycles. The predicted molar refractivity (Wildman–Crippen MR) is 104 cm³/mol. The van der Waals surface area contributed by atoms with Crippen molar-refractivity contribution in [3.63, 3.8) is 0 Å². The molecule has 0 bridgehead atoms. The monoisotopic (exact) mass is 354 g/mol. The summed E-state index contributed by atoms with van der Waals surface area (Å²) in [6.07, 6.45) is 5.05. The lowest BCUT2D eigenvalue weighted by Gasteiger charge is -2.07. The summed E-state index contributed by atoms with van der Waals surface area (Å²) in [4.78, 5) is 16.6. The van der Waals surface area contributed by atoms with E-state index in [0.29, 0.717) is 17.9 Å². The summed E-state index contributed by atoms with van der Waals surface area (Å²) >= 11 is 0. The van der Waals surface area contributed by atoms with Crippen molar-refractivity contribution in [1.82, 2.24) is 20.1 Å². The lowest BCUT2D eigenvalue weighted by molar-refractivity contribution is 0.0950. The van der Waals surface area contributed by atoms with Gasteiger partial charge in [0.2, 0.25) is 0 Å². The van der Waals surface area contributed by atoms with E-state index in [1.54, 1.807) is 35.4 Å². The zero-order chi connectivity index (χ0) is 18.5. The van der Waals surface area contributed by atoms with Gasteiger partial charge in [0, 0.05) is 25.1 Å². The molecule has 5 heteroatoms. The Morgan fingerprint density at radius 1 is 0.889 bits per heavy atom. The van der Waals surface area contributed by atoms with Gasteiger partial charge >= 0.3 is 0 Å². The van der Waals surface area contributed by atoms with Gasteiger partial charge in [-0.2, -0.15) is 5.10 Å². The highest BCUT2D eigenvalue weighted by Gasteiger charge is 2.07. The first-order valence-electron chi connectivity index (χ1n) is 8.68. The van der Waals surface area contributed by atoms with Crippen molar-refractivity contribution in [2.24, 2.45) is 0 Å². The average Bonchev–Trinajstić information content (AvgIpc) is 3.28. The van der Waals surface area contributed by atoms with E-state index in [-0.39, 0.29) is 5.91 Å². The third-order valence-corrected chi connectivity index (χ3v) is 4.26. The van der Waals surface area contributed by atoms with Crippen LogP contribution in [-0.2, 0) is 6.54 Å². The average molecular weight is 354 g/mol. The quantitative estimate of drug-likeness (QED) is 0.592. The lowest BCUT2D eigenvalue weighted by atomic mass is 10.0. The van der Waals surface area contributed by atoms with Crippen molar-refractivity contribution in [3.8, 4) is 16.9 Å². The Hall–Kier alpha value is -3.73. The highest BCUT2D eigenvalue weighted by molar-refractivity contribution is 5.93. The molecule has 1 amide bonds. The molecule has 1 N–H and O–H groups in total. The third kappa shape index (κ3) is 3.93. The van der Waals surface area contributed by atoms with Crippen LogP contribution in [0.15, 0.2) is 91.4 Å². The topological polar surface area (TPSA) is 59.8 Å². The lowest BCUT2D eigenvalue weighted by Crippen LogP contribution is -2.23. The molecule has 0 spiro atoms. The van der Waals surface area contributed by atoms with Crippen LogP contribution in [0, 0.1) is 0 Å². The van der Waals surface area contributed by atoms with Gasteiger partial charge in [0.05, 0.1) is 5.56 Å². The minimum Gasteiger partial charge on any atom is -0.348 e. The van der Waals surface area contributed by atoms with Crippen molar-refractivity contribution in [2.45, 2.75) is 6.54 Å². The summed E-state index contributed by atoms with van der Waals surface area (Å²) in [7, 11) is 0. The van der Waals surface area contributed by atoms with Gasteiger partial charge in [0.1, 0.15) is 0 Å². The van der Waals surface area contributed by atoms with Crippen LogP contribution >= 0.6 is 0 Å². The summed E-state index contributed by atoms with van der Waals surface area (Å²) in [5, 5.41) is 7.05. The summed E-state index contributed by atoms with van der Waals surface area (Å²) in [5.74, 6) is 0.523. The second-order valence-corrected chi connectivity index (χ2v) is 6.10. The number of hydrogen-bond acceptors (Lipinski definition) is 3. The highest BCUT2D eigenvalue weighted by atomic mass is 16.1. The van der Waals surface area contributed by atoms with Gasteiger partial charge in [-0.3, -0.25) is 4.79 Å². The minimum absolute atomic E-state index is 0.151. The third-order valence-electron chi connectivity index (χ3n) is 4.26. The maximum absolute atomic E-state index is 12.3. The predicted octanol–water partition coefficient (Wildman–Crippen LogP) is 3.86. The first-order chi connectivity index (χ1) is 13.3. The van der Waals surface area contributed by atoms with Gasteiger partial charge in [-0.1, -0.05) is 54.6 Å². The molecule has 0 fully saturated rings. The first kappa shape index (κ1) is 16.7. The number of hydrogen-bond donors (Lipinski definition) is 1. The zero-order valence-electron chi connectivity index (χ0n) is 14.6. The van der Waals surface area contributed by atoms with Gasteiger partial charge in [-0.25, -0.2) is 9.67 Å². The molecular formula is C22H18N4O. The van der Waals surface area contributed by atoms with Crippen molar-refractivity contribution in [2.75, 3.05) is 0 Å². The van der Waals surface area contributed by atoms with E-state index in [2.05, 4.69) is 39.7 Å². The van der Waals surface area contributed by atoms with E-state index < -0.39 is 0 Å². The number of nitrogens with zero attached hydrogens (tertiary/aromatic N) is 3. The Balaban J connectivity index is 1.37. The number of carbonyl (C=O) groups is 1. The number of nitrogens with one attached hydrogen (secondary N) is 1. The fourth-order valence-corrected chi connectivity index (χ4v) is 2.79. The number of pyridine rings is 1. The van der Waals surface area contributed by atoms with Crippen LogP contribution in [0.25, 0.3) is 16.9 Å². The molecule has 0 saturated carbocycles. The van der Waals surface area contributed by atoms with E-state index >= 15 is 0 Å². The van der Waals surface area contributed by atoms with E-state index in [1.807, 2.05) is 36.4 Å². The van der Waals surface area contributed by atoms with E-state index in [9.17, 15) is 4.79 Å². The molecule has 2 heterocycles. The number of rotatable bonds is 5. The molecule has 132 valence electrons. The second-order valence-electron chi connectivity index (χ2n) is 6.10. The number of carbonyl (C=O) groups excluding carboxylic acids is 1. The van der Waals surface area contributed by atoms with E-state index in [0.717, 1.165) is 11.1 Å². The van der Waals surface area contributed by atoms with Crippen LogP contribution in [0.2, 0.25) is 0 Å². The first-order valence-corrected chi connectivity index (χ1v) is 8.68. The van der Waals surface area contributed by atoms with Crippen LogP contribution < -0.4 is 5.32 Å². The molecule has 2 aromatic heterocycles. The van der Waals surface area contributed by atoms with Crippen molar-refractivity contribution in [3.05, 3.63) is 103 Å². The summed E-state index contributed by atoms with van der Waals surface area (Å²) in [6.45, 7) is 0.467. The number of aromatic nitrogens is 3. The molecule has 0 aliphatic heterocycles. The smallest absolute Gasteiger partial charge is 0.253 e. The van der Waals surface area contributed by atoms with Crippen LogP contribution in [0.3, 0.4) is 0 Å². The van der Waals surface area contributed by atoms with Gasteiger partial charge in [-0.05, 0) is 34.9 Å². The minimum atomic E-state index is -0.151. The molecule has 2 aromatic carbocycles. The Morgan fingerprint density at radius 3 is 2.33 bits per heavy atom. The van der Waals surface area contributed by atoms with Gasteiger partial charge < -0.3 is 5.32 Å². The standard InChI is InChI=1S/C22H18N4O/c27-22(20-11-12-21(23-16-20)26-14-4-13-25-26)24-15-17-7-9-19(10-8-17)18-5-2-1-3-6-18/h1-14,16H,15H2,(H,24,27). The van der Waals surface area contributed by atoms with Crippen LogP contribution in [0.5, 0.6) is 0 Å². The molecule has 0 aliphatic carbocycles. The van der Waals surface area contributed by atoms with E-state index in [1.165, 1.54) is 5.56 Å². The normalized spacial score (nSPS) is 10.5. The SMILES string of the molecule is O=C(NCc1ccc(-c2ccccc2)cc1)c1ccc(-n2cccn2)nc1. The Morgan fingerprint density at radius 2 is 1.67 bits per heavy atom. The second kappa shape index (κ2) is 7.66. The molecule has 27 heavy (non-hydrogen) atoms. The summed E-state index contributed by atoms with van der Waals surface area (Å²) in [6, 6.07) is 23.7. The highest BCUT2D eigenvalue weighted by Crippen LogP contribution is 2.19. The van der Waals surface area contributed by atoms with Crippen molar-refractivity contribution < 1.29 is 4.79 Å². The van der Waals surface area contributed by atoms with Crippen molar-refractivity contribution in [1.29, 1.82) is 0 Å². The van der Waals surface area contributed by atoms with Crippen LogP contribution in [0.4, 0.5) is 0 Å². The maximum Gasteiger partial charge on any atom is 0.253 e. The van der Waals surface area contributed by atoms with Crippen LogP contribution in [-0.4, -0.2) is 20.7 Å². The molecular weight excluding hydrogens is 336 g/mol. The largest absolute Gasteiger partial charge is 0.348 e. The van der Waals surface area contributed by atoms with Gasteiger partial charge in [-0.15, -0.1) is 0 Å². The Labute approximate surface area is 157 Å². The Bertz CT molecular complexity index is 1010. The molecule has 4 aromatic rings. The molecule has 0 aliphatic rings. The van der Waals surface area contributed by atoms with Crippen LogP contribution in [0.1, 0.15) is 15.9 Å². The maximum atomic E-state index is 12.3. The Kier molecular flexibility index (Phi) is 4.74. The van der Waals surface area contributed by atoms with E-state index in [4.69, 9.17) is 0 Å². The fourth-order valence-electron chi connectivity index (χ4n) is 2.79. The molecule has 0 unspecified atom stereocenters. The van der Waals surface area contributed by atoms with Crippen molar-refractivity contribution >= 4 is 5.91 Å². The summed E-state index contributed by atoms with van der Waals surface area (Å²) < 4.78 is 1.65. The molecule has 5 nitrogen and oxygen atoms in total. The van der Waals surface area contributed by atoms with Gasteiger partial charge in [0.15, 0.2) is 5.82 Å². The summed E-state index contributed by atoms with van der Waals surface area (Å²) in [5.41, 5.74) is 3.90. The van der Waals surface area contributed by atoms with Gasteiger partial charge in [0.25, 0.3) is 5.91 Å². The zero-order valence-corrected chi connectivity index (χ0v) is 14.6.